The highest BCUT2D eigenvalue weighted by atomic mass is 35.5. The highest BCUT2D eigenvalue weighted by Gasteiger charge is 2.58. The van der Waals surface area contributed by atoms with E-state index in [1.807, 2.05) is 52.0 Å². The number of likely N-dealkylation sites (tertiary alicyclic amines) is 1. The van der Waals surface area contributed by atoms with E-state index in [-0.39, 0.29) is 11.2 Å². The van der Waals surface area contributed by atoms with Crippen molar-refractivity contribution in [3.8, 4) is 0 Å². The van der Waals surface area contributed by atoms with Gasteiger partial charge in [0.05, 0.1) is 6.20 Å². The summed E-state index contributed by atoms with van der Waals surface area (Å²) in [6, 6.07) is 9.55. The monoisotopic (exact) mass is 431 g/mol. The summed E-state index contributed by atoms with van der Waals surface area (Å²) in [6.45, 7) is 12.4. The molecule has 1 amide bonds. The zero-order valence-electron chi connectivity index (χ0n) is 18.4. The standard InChI is InChI=1S/C23H30ClN3O3/c1-15(2)16-7-9-17(10-8-16)23(29,18-11-19(24)26-25-12-18)22(6)13-27(14-22)20(28)30-21(3,4)5/h7-12,15,29H,13-14H2,1-6H3. The first-order valence-electron chi connectivity index (χ1n) is 10.2. The van der Waals surface area contributed by atoms with Gasteiger partial charge in [-0.05, 0) is 43.9 Å². The van der Waals surface area contributed by atoms with Crippen LogP contribution in [0.2, 0.25) is 5.15 Å². The Hall–Kier alpha value is -2.18. The molecular formula is C23H30ClN3O3. The van der Waals surface area contributed by atoms with E-state index in [4.69, 9.17) is 16.3 Å². The van der Waals surface area contributed by atoms with Gasteiger partial charge in [-0.1, -0.05) is 56.6 Å². The van der Waals surface area contributed by atoms with Gasteiger partial charge in [-0.3, -0.25) is 0 Å². The van der Waals surface area contributed by atoms with Gasteiger partial charge in [0, 0.05) is 24.1 Å². The molecule has 1 aromatic carbocycles. The molecule has 2 aromatic rings. The third-order valence-corrected chi connectivity index (χ3v) is 5.83. The number of aromatic nitrogens is 2. The van der Waals surface area contributed by atoms with E-state index in [2.05, 4.69) is 24.0 Å². The molecule has 7 heteroatoms. The second kappa shape index (κ2) is 7.82. The maximum Gasteiger partial charge on any atom is 0.410 e. The number of benzene rings is 1. The molecule has 6 nitrogen and oxygen atoms in total. The van der Waals surface area contributed by atoms with Gasteiger partial charge in [0.15, 0.2) is 5.15 Å². The number of amides is 1. The summed E-state index contributed by atoms with van der Waals surface area (Å²) in [5, 5.41) is 20.1. The molecule has 3 rings (SSSR count). The van der Waals surface area contributed by atoms with Crippen LogP contribution in [0.25, 0.3) is 0 Å². The summed E-state index contributed by atoms with van der Waals surface area (Å²) in [5.74, 6) is 0.381. The van der Waals surface area contributed by atoms with E-state index in [1.165, 1.54) is 11.8 Å². The number of halogens is 1. The van der Waals surface area contributed by atoms with Crippen molar-refractivity contribution in [2.75, 3.05) is 13.1 Å². The van der Waals surface area contributed by atoms with Crippen molar-refractivity contribution in [2.45, 2.75) is 58.7 Å². The molecule has 162 valence electrons. The van der Waals surface area contributed by atoms with Crippen LogP contribution in [0.4, 0.5) is 4.79 Å². The van der Waals surface area contributed by atoms with E-state index in [9.17, 15) is 9.90 Å². The molecule has 0 aliphatic carbocycles. The summed E-state index contributed by atoms with van der Waals surface area (Å²) >= 11 is 6.10. The van der Waals surface area contributed by atoms with Gasteiger partial charge in [0.2, 0.25) is 0 Å². The Kier molecular flexibility index (Phi) is 5.87. The Morgan fingerprint density at radius 2 is 1.80 bits per heavy atom. The Balaban J connectivity index is 1.98. The number of carbonyl (C=O) groups excluding carboxylic acids is 1. The van der Waals surface area contributed by atoms with Crippen LogP contribution in [0.15, 0.2) is 36.5 Å². The van der Waals surface area contributed by atoms with Crippen LogP contribution in [0.5, 0.6) is 0 Å². The SMILES string of the molecule is CC(C)c1ccc(C(O)(c2cnnc(Cl)c2)C2(C)CN(C(=O)OC(C)(C)C)C2)cc1. The molecule has 1 fully saturated rings. The largest absolute Gasteiger partial charge is 0.444 e. The van der Waals surface area contributed by atoms with Crippen molar-refractivity contribution >= 4 is 17.7 Å². The minimum atomic E-state index is -1.40. The van der Waals surface area contributed by atoms with Gasteiger partial charge in [-0.2, -0.15) is 5.10 Å². The van der Waals surface area contributed by atoms with Crippen molar-refractivity contribution in [3.05, 3.63) is 58.4 Å². The molecule has 1 N–H and O–H groups in total. The number of rotatable bonds is 4. The molecule has 2 heterocycles. The second-order valence-corrected chi connectivity index (χ2v) is 10.0. The van der Waals surface area contributed by atoms with Crippen molar-refractivity contribution in [2.24, 2.45) is 5.41 Å². The van der Waals surface area contributed by atoms with E-state index >= 15 is 0 Å². The lowest BCUT2D eigenvalue weighted by Gasteiger charge is -2.56. The van der Waals surface area contributed by atoms with Gasteiger partial charge in [-0.25, -0.2) is 4.79 Å². The Morgan fingerprint density at radius 1 is 1.20 bits per heavy atom. The smallest absolute Gasteiger partial charge is 0.410 e. The predicted molar refractivity (Wildman–Crippen MR) is 116 cm³/mol. The molecule has 30 heavy (non-hydrogen) atoms. The second-order valence-electron chi connectivity index (χ2n) is 9.65. The van der Waals surface area contributed by atoms with Crippen molar-refractivity contribution in [1.29, 1.82) is 0 Å². The van der Waals surface area contributed by atoms with Gasteiger partial charge in [0.1, 0.15) is 11.2 Å². The van der Waals surface area contributed by atoms with E-state index in [0.717, 1.165) is 5.56 Å². The minimum Gasteiger partial charge on any atom is -0.444 e. The van der Waals surface area contributed by atoms with Gasteiger partial charge < -0.3 is 14.7 Å². The number of carbonyl (C=O) groups is 1. The third-order valence-electron chi connectivity index (χ3n) is 5.64. The fourth-order valence-corrected chi connectivity index (χ4v) is 4.15. The lowest BCUT2D eigenvalue weighted by molar-refractivity contribution is -0.131. The Bertz CT molecular complexity index is 918. The number of nitrogens with zero attached hydrogens (tertiary/aromatic N) is 3. The minimum absolute atomic E-state index is 0.205. The van der Waals surface area contributed by atoms with Gasteiger partial charge in [0.25, 0.3) is 0 Å². The fraction of sp³-hybridized carbons (Fsp3) is 0.522. The van der Waals surface area contributed by atoms with Crippen LogP contribution in [-0.4, -0.2) is 45.0 Å². The highest BCUT2D eigenvalue weighted by molar-refractivity contribution is 6.29. The molecule has 1 unspecified atom stereocenters. The molecular weight excluding hydrogens is 402 g/mol. The van der Waals surface area contributed by atoms with Crippen LogP contribution in [0.1, 0.15) is 64.2 Å². The highest BCUT2D eigenvalue weighted by Crippen LogP contribution is 2.51. The molecule has 0 radical (unpaired) electrons. The first kappa shape index (κ1) is 22.5. The topological polar surface area (TPSA) is 75.6 Å². The van der Waals surface area contributed by atoms with Crippen molar-refractivity contribution in [1.82, 2.24) is 15.1 Å². The van der Waals surface area contributed by atoms with Crippen LogP contribution in [0.3, 0.4) is 0 Å². The molecule has 0 saturated carbocycles. The quantitative estimate of drug-likeness (QED) is 0.756. The third kappa shape index (κ3) is 4.16. The molecule has 1 aliphatic rings. The van der Waals surface area contributed by atoms with Gasteiger partial charge in [-0.15, -0.1) is 5.10 Å². The van der Waals surface area contributed by atoms with Crippen LogP contribution >= 0.6 is 11.6 Å². The Morgan fingerprint density at radius 3 is 2.30 bits per heavy atom. The van der Waals surface area contributed by atoms with E-state index in [1.54, 1.807) is 11.0 Å². The predicted octanol–water partition coefficient (Wildman–Crippen LogP) is 4.75. The van der Waals surface area contributed by atoms with Crippen LogP contribution < -0.4 is 0 Å². The molecule has 0 spiro atoms. The Labute approximate surface area is 183 Å². The number of hydrogen-bond acceptors (Lipinski definition) is 5. The zero-order valence-corrected chi connectivity index (χ0v) is 19.2. The first-order valence-corrected chi connectivity index (χ1v) is 10.5. The van der Waals surface area contributed by atoms with Crippen molar-refractivity contribution < 1.29 is 14.6 Å². The zero-order chi connectivity index (χ0) is 22.3. The molecule has 0 bridgehead atoms. The summed E-state index contributed by atoms with van der Waals surface area (Å²) < 4.78 is 5.48. The fourth-order valence-electron chi connectivity index (χ4n) is 3.99. The number of ether oxygens (including phenoxy) is 1. The molecule has 1 atom stereocenters. The van der Waals surface area contributed by atoms with E-state index in [0.29, 0.717) is 24.6 Å². The normalized spacial score (nSPS) is 18.0. The summed E-state index contributed by atoms with van der Waals surface area (Å²) in [4.78, 5) is 14.1. The van der Waals surface area contributed by atoms with E-state index < -0.39 is 16.6 Å². The lowest BCUT2D eigenvalue weighted by Crippen LogP contribution is -2.66. The maximum atomic E-state index is 12.5. The first-order chi connectivity index (χ1) is 13.9. The van der Waals surface area contributed by atoms with Crippen LogP contribution in [0, 0.1) is 5.41 Å². The molecule has 1 saturated heterocycles. The van der Waals surface area contributed by atoms with Crippen molar-refractivity contribution in [3.63, 3.8) is 0 Å². The maximum absolute atomic E-state index is 12.5. The number of hydrogen-bond donors (Lipinski definition) is 1. The van der Waals surface area contributed by atoms with Gasteiger partial charge >= 0.3 is 6.09 Å². The average molecular weight is 432 g/mol. The number of aliphatic hydroxyl groups is 1. The lowest BCUT2D eigenvalue weighted by atomic mass is 9.62. The molecule has 1 aromatic heterocycles. The average Bonchev–Trinajstić information content (AvgIpc) is 2.63. The summed E-state index contributed by atoms with van der Waals surface area (Å²) in [6.07, 6.45) is 1.15. The summed E-state index contributed by atoms with van der Waals surface area (Å²) in [7, 11) is 0. The van der Waals surface area contributed by atoms with Crippen LogP contribution in [-0.2, 0) is 10.3 Å². The summed E-state index contributed by atoms with van der Waals surface area (Å²) in [5.41, 5.74) is -0.181. The molecule has 1 aliphatic heterocycles.